The smallest absolute Gasteiger partial charge is 0.276 e. The molecule has 6 nitrogen and oxygen atoms in total. The Balaban J connectivity index is 1.54. The Labute approximate surface area is 161 Å². The highest BCUT2D eigenvalue weighted by Crippen LogP contribution is 2.25. The van der Waals surface area contributed by atoms with Gasteiger partial charge in [-0.25, -0.2) is 9.07 Å². The Morgan fingerprint density at radius 2 is 1.93 bits per heavy atom. The van der Waals surface area contributed by atoms with E-state index in [9.17, 15) is 14.0 Å². The molecule has 2 N–H and O–H groups in total. The average Bonchev–Trinajstić information content (AvgIpc) is 2.96. The van der Waals surface area contributed by atoms with Crippen molar-refractivity contribution in [2.75, 3.05) is 10.6 Å². The third-order valence-electron chi connectivity index (χ3n) is 4.68. The van der Waals surface area contributed by atoms with Crippen LogP contribution in [0.25, 0.3) is 5.69 Å². The van der Waals surface area contributed by atoms with Crippen molar-refractivity contribution in [2.24, 2.45) is 0 Å². The van der Waals surface area contributed by atoms with Gasteiger partial charge in [0.25, 0.3) is 5.91 Å². The number of hydrogen-bond acceptors (Lipinski definition) is 3. The van der Waals surface area contributed by atoms with Gasteiger partial charge in [0.05, 0.1) is 5.69 Å². The van der Waals surface area contributed by atoms with E-state index in [-0.39, 0.29) is 23.3 Å². The second-order valence-electron chi connectivity index (χ2n) is 6.79. The maximum Gasteiger partial charge on any atom is 0.276 e. The molecule has 0 atom stereocenters. The number of carbonyl (C=O) groups excluding carboxylic acids is 2. The number of hydrogen-bond donors (Lipinski definition) is 2. The van der Waals surface area contributed by atoms with Crippen molar-refractivity contribution in [3.05, 3.63) is 71.3 Å². The molecule has 0 spiro atoms. The Kier molecular flexibility index (Phi) is 4.65. The van der Waals surface area contributed by atoms with Crippen LogP contribution in [-0.4, -0.2) is 21.6 Å². The molecule has 1 aliphatic rings. The molecule has 3 aromatic rings. The van der Waals surface area contributed by atoms with E-state index in [1.165, 1.54) is 12.1 Å². The molecule has 1 aliphatic heterocycles. The zero-order chi connectivity index (χ0) is 19.7. The molecular weight excluding hydrogens is 359 g/mol. The lowest BCUT2D eigenvalue weighted by molar-refractivity contribution is -0.116. The summed E-state index contributed by atoms with van der Waals surface area (Å²) in [5, 5.41) is 10.1. The molecule has 7 heteroatoms. The summed E-state index contributed by atoms with van der Waals surface area (Å²) < 4.78 is 14.7. The number of amides is 2. The summed E-state index contributed by atoms with van der Waals surface area (Å²) in [5.74, 6) is -0.648. The molecule has 0 bridgehead atoms. The Morgan fingerprint density at radius 1 is 1.14 bits per heavy atom. The summed E-state index contributed by atoms with van der Waals surface area (Å²) in [4.78, 5) is 24.3. The van der Waals surface area contributed by atoms with E-state index in [1.54, 1.807) is 35.0 Å². The van der Waals surface area contributed by atoms with Crippen molar-refractivity contribution >= 4 is 23.2 Å². The number of nitrogens with zero attached hydrogens (tertiary/aromatic N) is 2. The van der Waals surface area contributed by atoms with Gasteiger partial charge in [0.2, 0.25) is 5.91 Å². The van der Waals surface area contributed by atoms with Crippen LogP contribution in [0.15, 0.2) is 48.5 Å². The van der Waals surface area contributed by atoms with Gasteiger partial charge in [-0.05, 0) is 73.9 Å². The zero-order valence-electron chi connectivity index (χ0n) is 15.3. The summed E-state index contributed by atoms with van der Waals surface area (Å²) in [6.07, 6.45) is 2.05. The number of nitrogens with one attached hydrogen (secondary N) is 2. The largest absolute Gasteiger partial charge is 0.326 e. The summed E-state index contributed by atoms with van der Waals surface area (Å²) in [6, 6.07) is 13.0. The van der Waals surface area contributed by atoms with Crippen LogP contribution in [0.2, 0.25) is 0 Å². The molecule has 4 rings (SSSR count). The Morgan fingerprint density at radius 3 is 2.71 bits per heavy atom. The molecular formula is C21H19FN4O2. The summed E-state index contributed by atoms with van der Waals surface area (Å²) in [6.45, 7) is 1.83. The molecule has 0 saturated heterocycles. The molecule has 2 heterocycles. The predicted molar refractivity (Wildman–Crippen MR) is 104 cm³/mol. The van der Waals surface area contributed by atoms with Gasteiger partial charge in [0.1, 0.15) is 5.82 Å². The summed E-state index contributed by atoms with van der Waals surface area (Å²) in [7, 11) is 0. The van der Waals surface area contributed by atoms with Gasteiger partial charge in [0.15, 0.2) is 5.69 Å². The number of aryl methyl sites for hydroxylation is 2. The summed E-state index contributed by atoms with van der Waals surface area (Å²) >= 11 is 0. The first-order chi connectivity index (χ1) is 13.5. The third kappa shape index (κ3) is 3.64. The van der Waals surface area contributed by atoms with E-state index < -0.39 is 0 Å². The van der Waals surface area contributed by atoms with Gasteiger partial charge in [0, 0.05) is 23.5 Å². The molecule has 2 amide bonds. The first kappa shape index (κ1) is 17.9. The average molecular weight is 378 g/mol. The van der Waals surface area contributed by atoms with Crippen LogP contribution in [0, 0.1) is 12.7 Å². The van der Waals surface area contributed by atoms with Crippen LogP contribution < -0.4 is 10.6 Å². The van der Waals surface area contributed by atoms with Crippen LogP contribution in [-0.2, 0) is 11.2 Å². The van der Waals surface area contributed by atoms with Crippen molar-refractivity contribution < 1.29 is 14.0 Å². The fourth-order valence-corrected chi connectivity index (χ4v) is 3.28. The highest BCUT2D eigenvalue weighted by molar-refractivity contribution is 6.03. The lowest BCUT2D eigenvalue weighted by Crippen LogP contribution is -2.14. The molecule has 1 aromatic heterocycles. The Hall–Kier alpha value is -3.48. The quantitative estimate of drug-likeness (QED) is 0.727. The van der Waals surface area contributed by atoms with E-state index >= 15 is 0 Å². The molecule has 0 saturated carbocycles. The van der Waals surface area contributed by atoms with Gasteiger partial charge in [-0.1, -0.05) is 0 Å². The van der Waals surface area contributed by atoms with Crippen molar-refractivity contribution in [3.63, 3.8) is 0 Å². The minimum Gasteiger partial charge on any atom is -0.326 e. The SMILES string of the molecule is Cc1cc(C(=O)Nc2ccc3c(c2)CCCC(=O)N3)nn1-c1ccc(F)cc1. The van der Waals surface area contributed by atoms with Gasteiger partial charge in [-0.15, -0.1) is 0 Å². The second-order valence-corrected chi connectivity index (χ2v) is 6.79. The molecule has 0 unspecified atom stereocenters. The third-order valence-corrected chi connectivity index (χ3v) is 4.68. The number of rotatable bonds is 3. The van der Waals surface area contributed by atoms with E-state index in [2.05, 4.69) is 15.7 Å². The van der Waals surface area contributed by atoms with Gasteiger partial charge in [-0.2, -0.15) is 5.10 Å². The molecule has 0 radical (unpaired) electrons. The van der Waals surface area contributed by atoms with Crippen LogP contribution in [0.1, 0.15) is 34.6 Å². The zero-order valence-corrected chi connectivity index (χ0v) is 15.3. The lowest BCUT2D eigenvalue weighted by atomic mass is 10.1. The minimum absolute atomic E-state index is 0.0114. The molecule has 0 fully saturated rings. The minimum atomic E-state index is -0.332. The van der Waals surface area contributed by atoms with E-state index in [4.69, 9.17) is 0 Å². The number of halogens is 1. The summed E-state index contributed by atoms with van der Waals surface area (Å²) in [5.41, 5.74) is 4.15. The molecule has 28 heavy (non-hydrogen) atoms. The van der Waals surface area contributed by atoms with Crippen molar-refractivity contribution in [1.29, 1.82) is 0 Å². The number of anilines is 2. The molecule has 2 aromatic carbocycles. The lowest BCUT2D eigenvalue weighted by Gasteiger charge is -2.10. The fraction of sp³-hybridized carbons (Fsp3) is 0.190. The maximum absolute atomic E-state index is 13.1. The van der Waals surface area contributed by atoms with Crippen LogP contribution in [0.3, 0.4) is 0 Å². The highest BCUT2D eigenvalue weighted by Gasteiger charge is 2.16. The van der Waals surface area contributed by atoms with Crippen LogP contribution >= 0.6 is 0 Å². The normalized spacial score (nSPS) is 13.4. The maximum atomic E-state index is 13.1. The second kappa shape index (κ2) is 7.26. The number of aromatic nitrogens is 2. The Bertz CT molecular complexity index is 1060. The molecule has 0 aliphatic carbocycles. The topological polar surface area (TPSA) is 76.0 Å². The fourth-order valence-electron chi connectivity index (χ4n) is 3.28. The molecule has 142 valence electrons. The number of benzene rings is 2. The number of fused-ring (bicyclic) bond motifs is 1. The van der Waals surface area contributed by atoms with E-state index in [0.717, 1.165) is 29.8 Å². The first-order valence-corrected chi connectivity index (χ1v) is 9.06. The number of carbonyl (C=O) groups is 2. The monoisotopic (exact) mass is 378 g/mol. The predicted octanol–water partition coefficient (Wildman–Crippen LogP) is 3.85. The standard InChI is InChI=1S/C21H19FN4O2/c1-13-11-19(25-26(13)17-8-5-15(22)6-9-17)21(28)23-16-7-10-18-14(12-16)3-2-4-20(27)24-18/h5-12H,2-4H2,1H3,(H,23,28)(H,24,27). The highest BCUT2D eigenvalue weighted by atomic mass is 19.1. The van der Waals surface area contributed by atoms with Crippen LogP contribution in [0.4, 0.5) is 15.8 Å². The van der Waals surface area contributed by atoms with E-state index in [1.807, 2.05) is 13.0 Å². The van der Waals surface area contributed by atoms with Gasteiger partial charge >= 0.3 is 0 Å². The van der Waals surface area contributed by atoms with Crippen molar-refractivity contribution in [2.45, 2.75) is 26.2 Å². The van der Waals surface area contributed by atoms with Gasteiger partial charge < -0.3 is 10.6 Å². The van der Waals surface area contributed by atoms with E-state index in [0.29, 0.717) is 17.8 Å². The van der Waals surface area contributed by atoms with Crippen molar-refractivity contribution in [1.82, 2.24) is 9.78 Å². The van der Waals surface area contributed by atoms with Crippen LogP contribution in [0.5, 0.6) is 0 Å². The van der Waals surface area contributed by atoms with Gasteiger partial charge in [-0.3, -0.25) is 9.59 Å². The van der Waals surface area contributed by atoms with Crippen molar-refractivity contribution in [3.8, 4) is 5.69 Å². The first-order valence-electron chi connectivity index (χ1n) is 9.06.